The predicted octanol–water partition coefficient (Wildman–Crippen LogP) is 7.20. The van der Waals surface area contributed by atoms with Gasteiger partial charge in [-0.25, -0.2) is 5.43 Å². The van der Waals surface area contributed by atoms with Gasteiger partial charge in [0.15, 0.2) is 11.0 Å². The summed E-state index contributed by atoms with van der Waals surface area (Å²) in [6.45, 7) is 3.91. The molecule has 8 heteroatoms. The molecule has 39 heavy (non-hydrogen) atoms. The van der Waals surface area contributed by atoms with Crippen LogP contribution >= 0.6 is 23.4 Å². The summed E-state index contributed by atoms with van der Waals surface area (Å²) in [5.74, 6) is 0.576. The Morgan fingerprint density at radius 3 is 2.18 bits per heavy atom. The van der Waals surface area contributed by atoms with Gasteiger partial charge in [-0.15, -0.1) is 10.2 Å². The molecule has 0 aliphatic rings. The van der Waals surface area contributed by atoms with Crippen molar-refractivity contribution in [1.29, 1.82) is 0 Å². The molecule has 0 unspecified atom stereocenters. The van der Waals surface area contributed by atoms with Gasteiger partial charge in [0.25, 0.3) is 5.91 Å². The van der Waals surface area contributed by atoms with E-state index in [2.05, 4.69) is 45.0 Å². The lowest BCUT2D eigenvalue weighted by molar-refractivity contribution is -0.118. The molecule has 194 valence electrons. The Morgan fingerprint density at radius 2 is 1.49 bits per heavy atom. The Bertz CT molecular complexity index is 1600. The molecule has 6 nitrogen and oxygen atoms in total. The second kappa shape index (κ2) is 12.1. The van der Waals surface area contributed by atoms with E-state index in [1.807, 2.05) is 97.3 Å². The number of rotatable bonds is 8. The van der Waals surface area contributed by atoms with E-state index >= 15 is 0 Å². The maximum absolute atomic E-state index is 12.7. The molecule has 4 aromatic carbocycles. The highest BCUT2D eigenvalue weighted by atomic mass is 35.5. The number of carbonyl (C=O) groups excluding carboxylic acids is 1. The van der Waals surface area contributed by atoms with Gasteiger partial charge >= 0.3 is 0 Å². The number of nitrogens with zero attached hydrogens (tertiary/aromatic N) is 4. The number of hydrogen-bond donors (Lipinski definition) is 1. The van der Waals surface area contributed by atoms with Crippen LogP contribution in [0.25, 0.3) is 28.2 Å². The van der Waals surface area contributed by atoms with Gasteiger partial charge in [-0.1, -0.05) is 95.7 Å². The number of halogens is 1. The summed E-state index contributed by atoms with van der Waals surface area (Å²) >= 11 is 7.39. The van der Waals surface area contributed by atoms with Crippen molar-refractivity contribution in [1.82, 2.24) is 20.2 Å². The van der Waals surface area contributed by atoms with Gasteiger partial charge in [0, 0.05) is 16.3 Å². The van der Waals surface area contributed by atoms with Crippen LogP contribution in [0.1, 0.15) is 18.1 Å². The van der Waals surface area contributed by atoms with Gasteiger partial charge in [-0.3, -0.25) is 9.36 Å². The fourth-order valence-corrected chi connectivity index (χ4v) is 4.85. The minimum absolute atomic E-state index is 0.133. The van der Waals surface area contributed by atoms with Gasteiger partial charge in [-0.2, -0.15) is 5.10 Å². The van der Waals surface area contributed by atoms with Crippen molar-refractivity contribution >= 4 is 35.0 Å². The zero-order chi connectivity index (χ0) is 27.2. The van der Waals surface area contributed by atoms with E-state index in [9.17, 15) is 4.79 Å². The zero-order valence-corrected chi connectivity index (χ0v) is 23.1. The highest BCUT2D eigenvalue weighted by Crippen LogP contribution is 2.29. The Labute approximate surface area is 236 Å². The molecule has 0 aliphatic carbocycles. The van der Waals surface area contributed by atoms with Crippen LogP contribution in [0.5, 0.6) is 0 Å². The van der Waals surface area contributed by atoms with Crippen LogP contribution in [0.4, 0.5) is 0 Å². The fraction of sp³-hybridized carbons (Fsp3) is 0.0968. The van der Waals surface area contributed by atoms with Gasteiger partial charge in [0.1, 0.15) is 0 Å². The normalized spacial score (nSPS) is 11.4. The summed E-state index contributed by atoms with van der Waals surface area (Å²) in [6, 6.07) is 33.8. The number of amides is 1. The molecule has 0 fully saturated rings. The van der Waals surface area contributed by atoms with Crippen molar-refractivity contribution in [2.45, 2.75) is 19.0 Å². The minimum atomic E-state index is -0.230. The monoisotopic (exact) mass is 551 g/mol. The minimum Gasteiger partial charge on any atom is -0.272 e. The highest BCUT2D eigenvalue weighted by Gasteiger charge is 2.17. The number of hydrazone groups is 1. The van der Waals surface area contributed by atoms with Crippen molar-refractivity contribution in [2.75, 3.05) is 5.75 Å². The average molecular weight is 552 g/mol. The van der Waals surface area contributed by atoms with Crippen LogP contribution in [0.2, 0.25) is 5.02 Å². The zero-order valence-electron chi connectivity index (χ0n) is 21.5. The first kappa shape index (κ1) is 26.4. The lowest BCUT2D eigenvalue weighted by Crippen LogP contribution is -2.21. The lowest BCUT2D eigenvalue weighted by Gasteiger charge is -2.11. The van der Waals surface area contributed by atoms with Gasteiger partial charge in [0.2, 0.25) is 0 Å². The fourth-order valence-electron chi connectivity index (χ4n) is 3.98. The van der Waals surface area contributed by atoms with Gasteiger partial charge in [0.05, 0.1) is 11.5 Å². The van der Waals surface area contributed by atoms with Gasteiger partial charge in [-0.05, 0) is 66.9 Å². The van der Waals surface area contributed by atoms with Crippen molar-refractivity contribution in [2.24, 2.45) is 5.10 Å². The molecular weight excluding hydrogens is 526 g/mol. The molecule has 0 atom stereocenters. The third kappa shape index (κ3) is 6.45. The molecule has 5 aromatic rings. The summed E-state index contributed by atoms with van der Waals surface area (Å²) < 4.78 is 1.95. The Morgan fingerprint density at radius 1 is 0.846 bits per heavy atom. The van der Waals surface area contributed by atoms with Crippen LogP contribution < -0.4 is 5.43 Å². The maximum atomic E-state index is 12.7. The standard InChI is InChI=1S/C31H26ClN5OS/c1-21-8-18-28(19-9-21)37-30(26-14-16-27(32)17-15-26)35-36-31(37)39-20-29(38)34-33-22(2)23-10-12-25(13-11-23)24-6-4-3-5-7-24/h3-19H,20H2,1-2H3,(H,34,38)/b33-22+. The Kier molecular flexibility index (Phi) is 8.20. The lowest BCUT2D eigenvalue weighted by atomic mass is 10.0. The van der Waals surface area contributed by atoms with Crippen LogP contribution in [-0.2, 0) is 4.79 Å². The first-order valence-corrected chi connectivity index (χ1v) is 13.7. The number of hydrogen-bond acceptors (Lipinski definition) is 5. The van der Waals surface area contributed by atoms with E-state index in [1.54, 1.807) is 0 Å². The number of aromatic nitrogens is 3. The molecule has 0 saturated heterocycles. The quantitative estimate of drug-likeness (QED) is 0.126. The molecule has 5 rings (SSSR count). The molecule has 0 saturated carbocycles. The van der Waals surface area contributed by atoms with E-state index in [1.165, 1.54) is 11.8 Å². The van der Waals surface area contributed by atoms with E-state index in [-0.39, 0.29) is 11.7 Å². The summed E-state index contributed by atoms with van der Waals surface area (Å²) in [5, 5.41) is 14.4. The average Bonchev–Trinajstić information content (AvgIpc) is 3.40. The molecule has 0 spiro atoms. The van der Waals surface area contributed by atoms with Crippen LogP contribution in [0, 0.1) is 6.92 Å². The number of aryl methyl sites for hydroxylation is 1. The first-order chi connectivity index (χ1) is 19.0. The number of carbonyl (C=O) groups is 1. The largest absolute Gasteiger partial charge is 0.272 e. The third-order valence-corrected chi connectivity index (χ3v) is 7.30. The van der Waals surface area contributed by atoms with Crippen molar-refractivity contribution in [3.63, 3.8) is 0 Å². The number of benzene rings is 4. The molecule has 0 aliphatic heterocycles. The second-order valence-electron chi connectivity index (χ2n) is 8.95. The van der Waals surface area contributed by atoms with Crippen molar-refractivity contribution in [3.05, 3.63) is 119 Å². The van der Waals surface area contributed by atoms with E-state index in [4.69, 9.17) is 11.6 Å². The summed E-state index contributed by atoms with van der Waals surface area (Å²) in [7, 11) is 0. The SMILES string of the molecule is C/C(=N\NC(=O)CSc1nnc(-c2ccc(Cl)cc2)n1-c1ccc(C)cc1)c1ccc(-c2ccccc2)cc1. The van der Waals surface area contributed by atoms with Crippen LogP contribution in [-0.4, -0.2) is 32.1 Å². The van der Waals surface area contributed by atoms with Gasteiger partial charge < -0.3 is 0 Å². The highest BCUT2D eigenvalue weighted by molar-refractivity contribution is 7.99. The maximum Gasteiger partial charge on any atom is 0.250 e. The summed E-state index contributed by atoms with van der Waals surface area (Å²) in [6.07, 6.45) is 0. The number of nitrogens with one attached hydrogen (secondary N) is 1. The van der Waals surface area contributed by atoms with Crippen molar-refractivity contribution < 1.29 is 4.79 Å². The van der Waals surface area contributed by atoms with E-state index < -0.39 is 0 Å². The molecule has 1 aromatic heterocycles. The third-order valence-electron chi connectivity index (χ3n) is 6.12. The predicted molar refractivity (Wildman–Crippen MR) is 159 cm³/mol. The summed E-state index contributed by atoms with van der Waals surface area (Å²) in [5.41, 5.74) is 9.54. The number of thioether (sulfide) groups is 1. The molecule has 1 N–H and O–H groups in total. The molecule has 0 radical (unpaired) electrons. The van der Waals surface area contributed by atoms with E-state index in [0.717, 1.165) is 39.2 Å². The summed E-state index contributed by atoms with van der Waals surface area (Å²) in [4.78, 5) is 12.7. The molecule has 1 amide bonds. The first-order valence-electron chi connectivity index (χ1n) is 12.4. The van der Waals surface area contributed by atoms with E-state index in [0.29, 0.717) is 16.0 Å². The Hall–Kier alpha value is -4.20. The smallest absolute Gasteiger partial charge is 0.250 e. The van der Waals surface area contributed by atoms with Crippen LogP contribution in [0.3, 0.4) is 0 Å². The van der Waals surface area contributed by atoms with Crippen molar-refractivity contribution in [3.8, 4) is 28.2 Å². The Balaban J connectivity index is 1.28. The molecule has 0 bridgehead atoms. The molecule has 1 heterocycles. The second-order valence-corrected chi connectivity index (χ2v) is 10.3. The molecular formula is C31H26ClN5OS. The topological polar surface area (TPSA) is 72.2 Å². The van der Waals surface area contributed by atoms with Crippen LogP contribution in [0.15, 0.2) is 113 Å².